The number of carbonyl (C=O) groups is 1. The van der Waals surface area contributed by atoms with E-state index in [4.69, 9.17) is 4.52 Å². The highest BCUT2D eigenvalue weighted by Gasteiger charge is 2.28. The molecular formula is C15H25N5O2. The second-order valence-corrected chi connectivity index (χ2v) is 6.57. The lowest BCUT2D eigenvalue weighted by molar-refractivity contribution is -0.122. The summed E-state index contributed by atoms with van der Waals surface area (Å²) in [5.74, 6) is 2.22. The standard InChI is InChI=1S/C15H25N5O2/c1-11-17-14(18-22-11)9-19(2)13-5-6-20(8-13)10-15(21)16-7-12-3-4-12/h12-13H,3-10H2,1-2H3,(H,16,21). The predicted octanol–water partition coefficient (Wildman–Crippen LogP) is 0.410. The van der Waals surface area contributed by atoms with Crippen LogP contribution in [0.15, 0.2) is 4.52 Å². The zero-order valence-electron chi connectivity index (χ0n) is 13.4. The molecule has 2 aliphatic rings. The normalized spacial score (nSPS) is 22.4. The molecule has 7 heteroatoms. The fraction of sp³-hybridized carbons (Fsp3) is 0.800. The van der Waals surface area contributed by atoms with Gasteiger partial charge in [0.2, 0.25) is 11.8 Å². The number of likely N-dealkylation sites (N-methyl/N-ethyl adjacent to an activating group) is 1. The van der Waals surface area contributed by atoms with Gasteiger partial charge in [-0.25, -0.2) is 0 Å². The van der Waals surface area contributed by atoms with Gasteiger partial charge in [0.1, 0.15) is 0 Å². The first-order valence-corrected chi connectivity index (χ1v) is 8.08. The van der Waals surface area contributed by atoms with Crippen molar-refractivity contribution in [1.82, 2.24) is 25.3 Å². The highest BCUT2D eigenvalue weighted by atomic mass is 16.5. The second kappa shape index (κ2) is 6.75. The Morgan fingerprint density at radius 2 is 2.27 bits per heavy atom. The summed E-state index contributed by atoms with van der Waals surface area (Å²) in [5, 5.41) is 6.97. The van der Waals surface area contributed by atoms with Crippen LogP contribution in [0, 0.1) is 12.8 Å². The van der Waals surface area contributed by atoms with Crippen molar-refractivity contribution in [3.05, 3.63) is 11.7 Å². The molecule has 1 aromatic heterocycles. The zero-order valence-corrected chi connectivity index (χ0v) is 13.4. The Morgan fingerprint density at radius 1 is 1.45 bits per heavy atom. The number of hydrogen-bond acceptors (Lipinski definition) is 6. The smallest absolute Gasteiger partial charge is 0.234 e. The quantitative estimate of drug-likeness (QED) is 0.786. The van der Waals surface area contributed by atoms with Gasteiger partial charge in [0.05, 0.1) is 13.1 Å². The third-order valence-electron chi connectivity index (χ3n) is 4.48. The minimum atomic E-state index is 0.156. The van der Waals surface area contributed by atoms with Gasteiger partial charge in [-0.1, -0.05) is 5.16 Å². The van der Waals surface area contributed by atoms with E-state index in [0.29, 0.717) is 25.0 Å². The van der Waals surface area contributed by atoms with E-state index < -0.39 is 0 Å². The molecule has 0 aromatic carbocycles. The number of amides is 1. The Labute approximate surface area is 131 Å². The van der Waals surface area contributed by atoms with Gasteiger partial charge in [0.25, 0.3) is 0 Å². The maximum atomic E-state index is 11.9. The van der Waals surface area contributed by atoms with Crippen molar-refractivity contribution in [1.29, 1.82) is 0 Å². The molecule has 1 saturated carbocycles. The molecule has 0 spiro atoms. The molecule has 1 saturated heterocycles. The van der Waals surface area contributed by atoms with Crippen LogP contribution < -0.4 is 5.32 Å². The number of nitrogens with one attached hydrogen (secondary N) is 1. The molecule has 1 aliphatic heterocycles. The van der Waals surface area contributed by atoms with E-state index in [2.05, 4.69) is 32.3 Å². The van der Waals surface area contributed by atoms with Crippen LogP contribution in [0.25, 0.3) is 0 Å². The van der Waals surface area contributed by atoms with Crippen LogP contribution in [0.3, 0.4) is 0 Å². The molecule has 3 rings (SSSR count). The van der Waals surface area contributed by atoms with E-state index >= 15 is 0 Å². The molecule has 1 atom stereocenters. The Hall–Kier alpha value is -1.47. The zero-order chi connectivity index (χ0) is 15.5. The highest BCUT2D eigenvalue weighted by molar-refractivity contribution is 5.78. The summed E-state index contributed by atoms with van der Waals surface area (Å²) in [5.41, 5.74) is 0. The SMILES string of the molecule is Cc1nc(CN(C)C2CCN(CC(=O)NCC3CC3)C2)no1. The summed E-state index contributed by atoms with van der Waals surface area (Å²) in [6.07, 6.45) is 3.61. The van der Waals surface area contributed by atoms with Crippen molar-refractivity contribution in [3.8, 4) is 0 Å². The molecule has 122 valence electrons. The second-order valence-electron chi connectivity index (χ2n) is 6.57. The predicted molar refractivity (Wildman–Crippen MR) is 81.1 cm³/mol. The maximum absolute atomic E-state index is 11.9. The Kier molecular flexibility index (Phi) is 4.73. The monoisotopic (exact) mass is 307 g/mol. The number of nitrogens with zero attached hydrogens (tertiary/aromatic N) is 4. The van der Waals surface area contributed by atoms with Gasteiger partial charge in [-0.05, 0) is 32.2 Å². The summed E-state index contributed by atoms with van der Waals surface area (Å²) in [6, 6.07) is 0.440. The Balaban J connectivity index is 1.39. The molecule has 1 unspecified atom stereocenters. The van der Waals surface area contributed by atoms with Crippen molar-refractivity contribution in [2.24, 2.45) is 5.92 Å². The van der Waals surface area contributed by atoms with Crippen molar-refractivity contribution >= 4 is 5.91 Å². The van der Waals surface area contributed by atoms with E-state index in [0.717, 1.165) is 37.8 Å². The molecule has 1 amide bonds. The molecule has 0 bridgehead atoms. The topological polar surface area (TPSA) is 74.5 Å². The molecule has 1 N–H and O–H groups in total. The first-order chi connectivity index (χ1) is 10.6. The number of rotatable bonds is 7. The Morgan fingerprint density at radius 3 is 2.95 bits per heavy atom. The van der Waals surface area contributed by atoms with Crippen LogP contribution in [-0.2, 0) is 11.3 Å². The van der Waals surface area contributed by atoms with E-state index in [1.807, 2.05) is 0 Å². The fourth-order valence-electron chi connectivity index (χ4n) is 2.91. The van der Waals surface area contributed by atoms with Gasteiger partial charge in [0, 0.05) is 32.6 Å². The molecule has 1 aliphatic carbocycles. The summed E-state index contributed by atoms with van der Waals surface area (Å²) in [4.78, 5) is 20.6. The third kappa shape index (κ3) is 4.27. The number of carbonyl (C=O) groups excluding carboxylic acids is 1. The summed E-state index contributed by atoms with van der Waals surface area (Å²) >= 11 is 0. The number of hydrogen-bond donors (Lipinski definition) is 1. The first kappa shape index (κ1) is 15.4. The van der Waals surface area contributed by atoms with E-state index in [-0.39, 0.29) is 5.91 Å². The van der Waals surface area contributed by atoms with Crippen LogP contribution in [0.4, 0.5) is 0 Å². The summed E-state index contributed by atoms with van der Waals surface area (Å²) in [6.45, 7) is 5.74. The van der Waals surface area contributed by atoms with Crippen LogP contribution in [-0.4, -0.2) is 65.1 Å². The van der Waals surface area contributed by atoms with E-state index in [1.54, 1.807) is 6.92 Å². The average Bonchev–Trinajstić information content (AvgIpc) is 3.05. The summed E-state index contributed by atoms with van der Waals surface area (Å²) < 4.78 is 5.00. The van der Waals surface area contributed by atoms with Gasteiger partial charge >= 0.3 is 0 Å². The Bertz CT molecular complexity index is 514. The average molecular weight is 307 g/mol. The van der Waals surface area contributed by atoms with Gasteiger partial charge in [0.15, 0.2) is 5.82 Å². The van der Waals surface area contributed by atoms with Crippen LogP contribution in [0.2, 0.25) is 0 Å². The lowest BCUT2D eigenvalue weighted by Gasteiger charge is -2.23. The summed E-state index contributed by atoms with van der Waals surface area (Å²) in [7, 11) is 2.08. The van der Waals surface area contributed by atoms with Gasteiger partial charge in [-0.3, -0.25) is 14.6 Å². The molecular weight excluding hydrogens is 282 g/mol. The molecule has 22 heavy (non-hydrogen) atoms. The minimum absolute atomic E-state index is 0.156. The van der Waals surface area contributed by atoms with Gasteiger partial charge in [-0.15, -0.1) is 0 Å². The molecule has 0 radical (unpaired) electrons. The fourth-order valence-corrected chi connectivity index (χ4v) is 2.91. The maximum Gasteiger partial charge on any atom is 0.234 e. The number of aromatic nitrogens is 2. The lowest BCUT2D eigenvalue weighted by atomic mass is 10.2. The largest absolute Gasteiger partial charge is 0.355 e. The van der Waals surface area contributed by atoms with Gasteiger partial charge < -0.3 is 9.84 Å². The van der Waals surface area contributed by atoms with Crippen molar-refractivity contribution in [3.63, 3.8) is 0 Å². The molecule has 2 heterocycles. The number of likely N-dealkylation sites (tertiary alicyclic amines) is 1. The first-order valence-electron chi connectivity index (χ1n) is 8.08. The number of aryl methyl sites for hydroxylation is 1. The van der Waals surface area contributed by atoms with E-state index in [1.165, 1.54) is 12.8 Å². The third-order valence-corrected chi connectivity index (χ3v) is 4.48. The lowest BCUT2D eigenvalue weighted by Crippen LogP contribution is -2.39. The highest BCUT2D eigenvalue weighted by Crippen LogP contribution is 2.27. The van der Waals surface area contributed by atoms with Crippen molar-refractivity contribution in [2.45, 2.75) is 38.8 Å². The van der Waals surface area contributed by atoms with Crippen LogP contribution >= 0.6 is 0 Å². The van der Waals surface area contributed by atoms with Crippen LogP contribution in [0.5, 0.6) is 0 Å². The minimum Gasteiger partial charge on any atom is -0.355 e. The molecule has 7 nitrogen and oxygen atoms in total. The van der Waals surface area contributed by atoms with E-state index in [9.17, 15) is 4.79 Å². The van der Waals surface area contributed by atoms with Crippen molar-refractivity contribution < 1.29 is 9.32 Å². The van der Waals surface area contributed by atoms with Crippen LogP contribution in [0.1, 0.15) is 31.0 Å². The molecule has 1 aromatic rings. The molecule has 2 fully saturated rings. The van der Waals surface area contributed by atoms with Gasteiger partial charge in [-0.2, -0.15) is 4.98 Å². The van der Waals surface area contributed by atoms with Crippen molar-refractivity contribution in [2.75, 3.05) is 33.2 Å².